The predicted octanol–water partition coefficient (Wildman–Crippen LogP) is 1.84. The Morgan fingerprint density at radius 2 is 1.96 bits per heavy atom. The topological polar surface area (TPSA) is 85.0 Å². The molecule has 0 atom stereocenters. The Morgan fingerprint density at radius 3 is 2.75 bits per heavy atom. The van der Waals surface area contributed by atoms with Crippen molar-refractivity contribution in [2.24, 2.45) is 4.99 Å². The van der Waals surface area contributed by atoms with E-state index >= 15 is 0 Å². The molecule has 148 valence electrons. The number of aryl methyl sites for hydroxylation is 1. The first-order chi connectivity index (χ1) is 13.8. The molecule has 0 aliphatic heterocycles. The Balaban J connectivity index is 1.52. The highest BCUT2D eigenvalue weighted by molar-refractivity contribution is 5.79. The molecule has 2 heterocycles. The Bertz CT molecular complexity index is 865. The number of hydrogen-bond acceptors (Lipinski definition) is 4. The molecule has 0 aliphatic rings. The standard InChI is InChI=1S/C20H28N8/c1-3-19-26-24-16-27(19)11-10-22-20(21-4-2)23-12-18-13-25-28(15-18)14-17-8-6-5-7-9-17/h5-9,13,15-16H,3-4,10-12,14H2,1-2H3,(H2,21,22,23). The van der Waals surface area contributed by atoms with Crippen LogP contribution in [0.3, 0.4) is 0 Å². The summed E-state index contributed by atoms with van der Waals surface area (Å²) in [5, 5.41) is 19.2. The normalized spacial score (nSPS) is 11.6. The third kappa shape index (κ3) is 5.67. The van der Waals surface area contributed by atoms with Gasteiger partial charge in [-0.25, -0.2) is 4.99 Å². The van der Waals surface area contributed by atoms with Gasteiger partial charge in [0.25, 0.3) is 0 Å². The molecule has 0 saturated heterocycles. The number of guanidine groups is 1. The lowest BCUT2D eigenvalue weighted by atomic mass is 10.2. The lowest BCUT2D eigenvalue weighted by molar-refractivity contribution is 0.632. The quantitative estimate of drug-likeness (QED) is 0.437. The van der Waals surface area contributed by atoms with Crippen molar-refractivity contribution in [2.45, 2.75) is 39.9 Å². The van der Waals surface area contributed by atoms with Gasteiger partial charge in [0.1, 0.15) is 12.2 Å². The second-order valence-electron chi connectivity index (χ2n) is 6.45. The molecule has 0 spiro atoms. The minimum Gasteiger partial charge on any atom is -0.357 e. The second kappa shape index (κ2) is 10.2. The first-order valence-corrected chi connectivity index (χ1v) is 9.72. The Kier molecular flexibility index (Phi) is 7.17. The van der Waals surface area contributed by atoms with E-state index in [9.17, 15) is 0 Å². The molecular weight excluding hydrogens is 352 g/mol. The van der Waals surface area contributed by atoms with Crippen LogP contribution in [0.15, 0.2) is 54.0 Å². The predicted molar refractivity (Wildman–Crippen MR) is 110 cm³/mol. The average molecular weight is 381 g/mol. The van der Waals surface area contributed by atoms with E-state index in [0.717, 1.165) is 49.9 Å². The van der Waals surface area contributed by atoms with Crippen LogP contribution in [0.1, 0.15) is 30.8 Å². The molecule has 2 N–H and O–H groups in total. The Morgan fingerprint density at radius 1 is 1.11 bits per heavy atom. The monoisotopic (exact) mass is 380 g/mol. The summed E-state index contributed by atoms with van der Waals surface area (Å²) in [6, 6.07) is 10.3. The third-order valence-electron chi connectivity index (χ3n) is 4.30. The lowest BCUT2D eigenvalue weighted by Gasteiger charge is -2.12. The maximum absolute atomic E-state index is 4.67. The zero-order valence-corrected chi connectivity index (χ0v) is 16.5. The van der Waals surface area contributed by atoms with Gasteiger partial charge in [-0.2, -0.15) is 5.10 Å². The van der Waals surface area contributed by atoms with Crippen molar-refractivity contribution >= 4 is 5.96 Å². The number of rotatable bonds is 9. The molecule has 28 heavy (non-hydrogen) atoms. The van der Waals surface area contributed by atoms with Gasteiger partial charge in [-0.05, 0) is 12.5 Å². The van der Waals surface area contributed by atoms with Gasteiger partial charge in [-0.3, -0.25) is 4.68 Å². The third-order valence-corrected chi connectivity index (χ3v) is 4.30. The summed E-state index contributed by atoms with van der Waals surface area (Å²) in [6.45, 7) is 7.85. The molecule has 3 aromatic rings. The first-order valence-electron chi connectivity index (χ1n) is 9.72. The Labute approximate surface area is 165 Å². The summed E-state index contributed by atoms with van der Waals surface area (Å²) in [6.07, 6.45) is 6.57. The van der Waals surface area contributed by atoms with E-state index in [1.165, 1.54) is 5.56 Å². The zero-order valence-electron chi connectivity index (χ0n) is 16.5. The van der Waals surface area contributed by atoms with Gasteiger partial charge in [-0.1, -0.05) is 37.3 Å². The maximum Gasteiger partial charge on any atom is 0.191 e. The van der Waals surface area contributed by atoms with Crippen molar-refractivity contribution in [2.75, 3.05) is 13.1 Å². The molecule has 3 rings (SSSR count). The number of nitrogens with zero attached hydrogens (tertiary/aromatic N) is 6. The smallest absolute Gasteiger partial charge is 0.191 e. The molecule has 0 amide bonds. The fourth-order valence-electron chi connectivity index (χ4n) is 2.89. The van der Waals surface area contributed by atoms with Crippen molar-refractivity contribution in [3.8, 4) is 0 Å². The number of aromatic nitrogens is 5. The van der Waals surface area contributed by atoms with Crippen LogP contribution in [-0.2, 0) is 26.1 Å². The van der Waals surface area contributed by atoms with Crippen LogP contribution in [0.25, 0.3) is 0 Å². The molecule has 0 unspecified atom stereocenters. The van der Waals surface area contributed by atoms with Gasteiger partial charge >= 0.3 is 0 Å². The summed E-state index contributed by atoms with van der Waals surface area (Å²) in [5.74, 6) is 1.79. The number of aliphatic imine (C=N–C) groups is 1. The summed E-state index contributed by atoms with van der Waals surface area (Å²) < 4.78 is 4.00. The summed E-state index contributed by atoms with van der Waals surface area (Å²) >= 11 is 0. The van der Waals surface area contributed by atoms with E-state index in [1.54, 1.807) is 6.33 Å². The molecule has 8 heteroatoms. The van der Waals surface area contributed by atoms with Gasteiger partial charge in [-0.15, -0.1) is 10.2 Å². The fourth-order valence-corrected chi connectivity index (χ4v) is 2.89. The van der Waals surface area contributed by atoms with Gasteiger partial charge in [0.2, 0.25) is 0 Å². The second-order valence-corrected chi connectivity index (χ2v) is 6.45. The highest BCUT2D eigenvalue weighted by atomic mass is 15.3. The number of hydrogen-bond donors (Lipinski definition) is 2. The molecule has 8 nitrogen and oxygen atoms in total. The van der Waals surface area contributed by atoms with Crippen molar-refractivity contribution in [1.82, 2.24) is 35.2 Å². The fraction of sp³-hybridized carbons (Fsp3) is 0.400. The van der Waals surface area contributed by atoms with E-state index in [1.807, 2.05) is 35.3 Å². The number of benzene rings is 1. The van der Waals surface area contributed by atoms with E-state index in [4.69, 9.17) is 0 Å². The van der Waals surface area contributed by atoms with Gasteiger partial charge in [0.05, 0.1) is 19.3 Å². The molecule has 0 radical (unpaired) electrons. The van der Waals surface area contributed by atoms with Crippen LogP contribution in [-0.4, -0.2) is 43.6 Å². The summed E-state index contributed by atoms with van der Waals surface area (Å²) in [4.78, 5) is 4.67. The molecule has 0 bridgehead atoms. The molecule has 2 aromatic heterocycles. The van der Waals surface area contributed by atoms with Crippen LogP contribution in [0, 0.1) is 0 Å². The van der Waals surface area contributed by atoms with Crippen LogP contribution in [0.5, 0.6) is 0 Å². The van der Waals surface area contributed by atoms with Gasteiger partial charge < -0.3 is 15.2 Å². The summed E-state index contributed by atoms with van der Waals surface area (Å²) in [7, 11) is 0. The molecule has 0 saturated carbocycles. The van der Waals surface area contributed by atoms with Crippen LogP contribution < -0.4 is 10.6 Å². The van der Waals surface area contributed by atoms with Crippen LogP contribution in [0.4, 0.5) is 0 Å². The van der Waals surface area contributed by atoms with E-state index < -0.39 is 0 Å². The molecule has 0 aliphatic carbocycles. The lowest BCUT2D eigenvalue weighted by Crippen LogP contribution is -2.38. The summed E-state index contributed by atoms with van der Waals surface area (Å²) in [5.41, 5.74) is 2.32. The minimum atomic E-state index is 0.580. The van der Waals surface area contributed by atoms with Crippen molar-refractivity contribution in [3.05, 3.63) is 66.0 Å². The Hall–Kier alpha value is -3.16. The largest absolute Gasteiger partial charge is 0.357 e. The SMILES string of the molecule is CCNC(=NCc1cnn(Cc2ccccc2)c1)NCCn1cnnc1CC. The van der Waals surface area contributed by atoms with Crippen molar-refractivity contribution in [1.29, 1.82) is 0 Å². The van der Waals surface area contributed by atoms with Crippen LogP contribution in [0.2, 0.25) is 0 Å². The van der Waals surface area contributed by atoms with Gasteiger partial charge in [0, 0.05) is 37.8 Å². The molecular formula is C20H28N8. The first kappa shape index (κ1) is 19.6. The van der Waals surface area contributed by atoms with Crippen molar-refractivity contribution in [3.63, 3.8) is 0 Å². The minimum absolute atomic E-state index is 0.580. The number of nitrogens with one attached hydrogen (secondary N) is 2. The van der Waals surface area contributed by atoms with Crippen LogP contribution >= 0.6 is 0 Å². The van der Waals surface area contributed by atoms with E-state index in [2.05, 4.69) is 61.5 Å². The van der Waals surface area contributed by atoms with E-state index in [-0.39, 0.29) is 0 Å². The average Bonchev–Trinajstić information content (AvgIpc) is 3.36. The van der Waals surface area contributed by atoms with Crippen molar-refractivity contribution < 1.29 is 0 Å². The van der Waals surface area contributed by atoms with E-state index in [0.29, 0.717) is 6.54 Å². The highest BCUT2D eigenvalue weighted by Gasteiger charge is 2.03. The molecule has 1 aromatic carbocycles. The zero-order chi connectivity index (χ0) is 19.6. The molecule has 0 fully saturated rings. The van der Waals surface area contributed by atoms with Gasteiger partial charge in [0.15, 0.2) is 5.96 Å². The highest BCUT2D eigenvalue weighted by Crippen LogP contribution is 2.05. The maximum atomic E-state index is 4.67.